The minimum atomic E-state index is -1.78. The van der Waals surface area contributed by atoms with Crippen LogP contribution in [0.5, 0.6) is 0 Å². The van der Waals surface area contributed by atoms with Crippen LogP contribution < -0.4 is 0 Å². The molecule has 4 heterocycles. The lowest BCUT2D eigenvalue weighted by atomic mass is 9.97. The van der Waals surface area contributed by atoms with Crippen LogP contribution in [-0.2, 0) is 47.5 Å². The van der Waals surface area contributed by atoms with Gasteiger partial charge in [-0.05, 0) is 19.8 Å². The molecule has 0 aromatic carbocycles. The molecular weight excluding hydrogens is 620 g/mol. The summed E-state index contributed by atoms with van der Waals surface area (Å²) in [6, 6.07) is 0. The number of rotatable bonds is 4. The van der Waals surface area contributed by atoms with Gasteiger partial charge < -0.3 is 53.6 Å². The maximum absolute atomic E-state index is 12.7. The van der Waals surface area contributed by atoms with E-state index in [9.17, 15) is 34.8 Å². The Kier molecular flexibility index (Phi) is 17.3. The highest BCUT2D eigenvalue weighted by atomic mass is 16.8. The van der Waals surface area contributed by atoms with Crippen LogP contribution in [-0.4, -0.2) is 119 Å². The van der Waals surface area contributed by atoms with E-state index in [1.807, 2.05) is 6.92 Å². The molecule has 0 aromatic heterocycles. The normalized spacial score (nSPS) is 37.8. The predicted molar refractivity (Wildman–Crippen MR) is 165 cm³/mol. The first-order chi connectivity index (χ1) is 22.5. The fourth-order valence-electron chi connectivity index (χ4n) is 6.13. The van der Waals surface area contributed by atoms with Gasteiger partial charge in [-0.3, -0.25) is 14.4 Å². The Bertz CT molecular complexity index is 948. The fourth-order valence-corrected chi connectivity index (χ4v) is 6.13. The van der Waals surface area contributed by atoms with Crippen molar-refractivity contribution in [1.29, 1.82) is 0 Å². The quantitative estimate of drug-likeness (QED) is 0.250. The van der Waals surface area contributed by atoms with E-state index in [2.05, 4.69) is 0 Å². The molecule has 11 atom stereocenters. The van der Waals surface area contributed by atoms with Crippen molar-refractivity contribution in [3.63, 3.8) is 0 Å². The molecule has 47 heavy (non-hydrogen) atoms. The van der Waals surface area contributed by atoms with Crippen molar-refractivity contribution >= 4 is 17.9 Å². The van der Waals surface area contributed by atoms with Crippen LogP contribution >= 0.6 is 0 Å². The number of carbonyl (C=O) groups excluding carboxylic acids is 3. The summed E-state index contributed by atoms with van der Waals surface area (Å²) < 4.78 is 39.6. The maximum atomic E-state index is 12.7. The van der Waals surface area contributed by atoms with Crippen LogP contribution in [0.2, 0.25) is 0 Å². The molecule has 4 saturated heterocycles. The number of fused-ring (bicyclic) bond motifs is 19. The topological polar surface area (TPSA) is 197 Å². The first-order valence-electron chi connectivity index (χ1n) is 17.3. The van der Waals surface area contributed by atoms with Crippen LogP contribution in [0.4, 0.5) is 0 Å². The lowest BCUT2D eigenvalue weighted by Gasteiger charge is -2.47. The van der Waals surface area contributed by atoms with Gasteiger partial charge in [0.15, 0.2) is 18.7 Å². The Balaban J connectivity index is 1.81. The molecule has 14 heteroatoms. The molecule has 0 aromatic rings. The number of aliphatic hydroxyl groups is 4. The van der Waals surface area contributed by atoms with Crippen molar-refractivity contribution in [3.05, 3.63) is 0 Å². The summed E-state index contributed by atoms with van der Waals surface area (Å²) in [5.41, 5.74) is 0. The van der Waals surface area contributed by atoms with E-state index in [-0.39, 0.29) is 19.1 Å². The Labute approximate surface area is 277 Å². The maximum Gasteiger partial charge on any atom is 0.306 e. The molecule has 4 aliphatic rings. The number of aliphatic hydroxyl groups excluding tert-OH is 4. The Hall–Kier alpha value is -1.91. The van der Waals surface area contributed by atoms with Crippen molar-refractivity contribution in [2.75, 3.05) is 13.2 Å². The second-order valence-electron chi connectivity index (χ2n) is 12.9. The largest absolute Gasteiger partial charge is 0.463 e. The first kappa shape index (κ1) is 39.5. The average molecular weight is 677 g/mol. The molecule has 0 spiro atoms. The van der Waals surface area contributed by atoms with Gasteiger partial charge in [0.05, 0.1) is 6.10 Å². The molecular formula is C33H56O14. The standard InChI is InChI=1S/C33H56O14/c1-20-16-14-12-10-8-6-4-5-7-9-11-13-15-17-25(36)46-30-24(19-42-22(3)35)45-32(29(40)28(30)39)47-31-27(38)26(37)23(18-41-21(2)34)44-33(31)43-20/h20,23-24,26-33,37-40H,4-19H2,1-3H3/t20?,23-,24-,26-,27+,28-,29-,30-,31-,32+,33-/m1/s1. The number of ether oxygens (including phenoxy) is 7. The third-order valence-corrected chi connectivity index (χ3v) is 8.85. The molecule has 272 valence electrons. The molecule has 4 rings (SSSR count). The second kappa shape index (κ2) is 20.6. The predicted octanol–water partition coefficient (Wildman–Crippen LogP) is 2.18. The van der Waals surface area contributed by atoms with E-state index in [0.29, 0.717) is 12.8 Å². The smallest absolute Gasteiger partial charge is 0.306 e. The summed E-state index contributed by atoms with van der Waals surface area (Å²) >= 11 is 0. The summed E-state index contributed by atoms with van der Waals surface area (Å²) in [4.78, 5) is 35.8. The van der Waals surface area contributed by atoms with Crippen LogP contribution in [0.3, 0.4) is 0 Å². The zero-order valence-electron chi connectivity index (χ0n) is 28.0. The highest BCUT2D eigenvalue weighted by Crippen LogP contribution is 2.32. The number of hydrogen-bond donors (Lipinski definition) is 4. The van der Waals surface area contributed by atoms with E-state index in [0.717, 1.165) is 51.4 Å². The van der Waals surface area contributed by atoms with Crippen LogP contribution in [0.15, 0.2) is 0 Å². The summed E-state index contributed by atoms with van der Waals surface area (Å²) in [5, 5.41) is 44.1. The molecule has 14 nitrogen and oxygen atoms in total. The third-order valence-electron chi connectivity index (χ3n) is 8.85. The van der Waals surface area contributed by atoms with E-state index >= 15 is 0 Å². The number of carbonyl (C=O) groups is 3. The van der Waals surface area contributed by atoms with E-state index < -0.39 is 85.9 Å². The number of esters is 3. The molecule has 4 aliphatic heterocycles. The Morgan fingerprint density at radius 2 is 1.11 bits per heavy atom. The van der Waals surface area contributed by atoms with Gasteiger partial charge in [-0.25, -0.2) is 0 Å². The zero-order chi connectivity index (χ0) is 34.3. The first-order valence-corrected chi connectivity index (χ1v) is 17.3. The minimum Gasteiger partial charge on any atom is -0.463 e. The molecule has 0 saturated carbocycles. The van der Waals surface area contributed by atoms with Gasteiger partial charge in [0.1, 0.15) is 55.9 Å². The Morgan fingerprint density at radius 1 is 0.617 bits per heavy atom. The summed E-state index contributed by atoms with van der Waals surface area (Å²) in [7, 11) is 0. The van der Waals surface area contributed by atoms with Gasteiger partial charge in [0, 0.05) is 20.3 Å². The SMILES string of the molecule is CC(=O)OC[C@H]1O[C@H]2OC(C)CCCCCCCCCCCCCCC(=O)O[C@H]3[C@H](O)[C@@H](O)[C@H](O[C@@H]2[C@@H](O)[C@@H]1O)O[C@@H]3COC(C)=O. The van der Waals surface area contributed by atoms with Crippen LogP contribution in [0.1, 0.15) is 111 Å². The molecule has 4 N–H and O–H groups in total. The van der Waals surface area contributed by atoms with Crippen LogP contribution in [0.25, 0.3) is 0 Å². The van der Waals surface area contributed by atoms with Gasteiger partial charge in [0.25, 0.3) is 0 Å². The third kappa shape index (κ3) is 13.1. The highest BCUT2D eigenvalue weighted by Gasteiger charge is 2.53. The molecule has 4 fully saturated rings. The molecule has 0 aliphatic carbocycles. The van der Waals surface area contributed by atoms with Gasteiger partial charge in [-0.15, -0.1) is 0 Å². The van der Waals surface area contributed by atoms with Gasteiger partial charge in [-0.1, -0.05) is 70.6 Å². The van der Waals surface area contributed by atoms with E-state index in [4.69, 9.17) is 33.2 Å². The molecule has 0 radical (unpaired) electrons. The van der Waals surface area contributed by atoms with Crippen molar-refractivity contribution in [3.8, 4) is 0 Å². The van der Waals surface area contributed by atoms with Crippen molar-refractivity contribution in [2.24, 2.45) is 0 Å². The monoisotopic (exact) mass is 676 g/mol. The van der Waals surface area contributed by atoms with Crippen molar-refractivity contribution in [2.45, 2.75) is 178 Å². The van der Waals surface area contributed by atoms with Crippen molar-refractivity contribution in [1.82, 2.24) is 0 Å². The average Bonchev–Trinajstić information content (AvgIpc) is 3.02. The number of hydrogen-bond acceptors (Lipinski definition) is 14. The van der Waals surface area contributed by atoms with Gasteiger partial charge in [-0.2, -0.15) is 0 Å². The molecule has 1 unspecified atom stereocenters. The second-order valence-corrected chi connectivity index (χ2v) is 12.9. The minimum absolute atomic E-state index is 0.106. The lowest BCUT2D eigenvalue weighted by Crippen LogP contribution is -2.65. The summed E-state index contributed by atoms with van der Waals surface area (Å²) in [6.07, 6.45) is -1.95. The summed E-state index contributed by atoms with van der Waals surface area (Å²) in [6.45, 7) is 3.45. The van der Waals surface area contributed by atoms with Crippen molar-refractivity contribution < 1.29 is 68.0 Å². The fraction of sp³-hybridized carbons (Fsp3) is 0.909. The van der Waals surface area contributed by atoms with Crippen LogP contribution in [0, 0.1) is 0 Å². The highest BCUT2D eigenvalue weighted by molar-refractivity contribution is 5.69. The van der Waals surface area contributed by atoms with Gasteiger partial charge in [0.2, 0.25) is 0 Å². The van der Waals surface area contributed by atoms with E-state index in [1.54, 1.807) is 0 Å². The summed E-state index contributed by atoms with van der Waals surface area (Å²) in [5.74, 6) is -1.84. The zero-order valence-corrected chi connectivity index (χ0v) is 28.0. The van der Waals surface area contributed by atoms with Gasteiger partial charge >= 0.3 is 17.9 Å². The lowest BCUT2D eigenvalue weighted by molar-refractivity contribution is -0.371. The Morgan fingerprint density at radius 3 is 1.68 bits per heavy atom. The molecule has 0 amide bonds. The molecule has 2 bridgehead atoms. The van der Waals surface area contributed by atoms with E-state index in [1.165, 1.54) is 33.1 Å².